The Hall–Kier alpha value is -0.840. The molecule has 0 aliphatic heterocycles. The van der Waals surface area contributed by atoms with Crippen LogP contribution >= 0.6 is 11.8 Å². The molecule has 1 aromatic carbocycles. The van der Waals surface area contributed by atoms with E-state index in [1.54, 1.807) is 11.8 Å². The Morgan fingerprint density at radius 1 is 1.29 bits per heavy atom. The van der Waals surface area contributed by atoms with Gasteiger partial charge in [0.05, 0.1) is 19.0 Å². The molecule has 3 nitrogen and oxygen atoms in total. The van der Waals surface area contributed by atoms with Gasteiger partial charge in [-0.05, 0) is 5.56 Å². The number of thioether (sulfide) groups is 1. The van der Waals surface area contributed by atoms with Gasteiger partial charge in [0.25, 0.3) is 0 Å². The van der Waals surface area contributed by atoms with Crippen LogP contribution in [-0.2, 0) is 16.1 Å². The third-order valence-corrected chi connectivity index (χ3v) is 3.21. The lowest BCUT2D eigenvalue weighted by Crippen LogP contribution is -2.09. The molecule has 4 heteroatoms. The number of ketones is 1. The fourth-order valence-electron chi connectivity index (χ4n) is 1.29. The number of carbonyl (C=O) groups is 1. The fraction of sp³-hybridized carbons (Fsp3) is 0.462. The monoisotopic (exact) mass is 253 g/mol. The van der Waals surface area contributed by atoms with Crippen LogP contribution in [0.1, 0.15) is 12.0 Å². The number of carbonyl (C=O) groups excluding carboxylic acids is 1. The smallest absolute Gasteiger partial charge is 0.145 e. The molecule has 0 aliphatic rings. The highest BCUT2D eigenvalue weighted by Gasteiger charge is 2.01. The number of benzene rings is 1. The predicted molar refractivity (Wildman–Crippen MR) is 72.1 cm³/mol. The van der Waals surface area contributed by atoms with Crippen molar-refractivity contribution in [1.29, 1.82) is 0 Å². The first-order valence-electron chi connectivity index (χ1n) is 5.74. The summed E-state index contributed by atoms with van der Waals surface area (Å²) in [5, 5.41) is 0. The number of nitrogens with two attached hydrogens (primary N) is 1. The summed E-state index contributed by atoms with van der Waals surface area (Å²) in [6, 6.07) is 9.96. The van der Waals surface area contributed by atoms with E-state index >= 15 is 0 Å². The molecular weight excluding hydrogens is 234 g/mol. The molecule has 0 heterocycles. The first-order chi connectivity index (χ1) is 8.33. The van der Waals surface area contributed by atoms with Gasteiger partial charge in [-0.15, -0.1) is 0 Å². The van der Waals surface area contributed by atoms with Gasteiger partial charge in [0.2, 0.25) is 0 Å². The van der Waals surface area contributed by atoms with Gasteiger partial charge in [-0.2, -0.15) is 11.8 Å². The highest BCUT2D eigenvalue weighted by molar-refractivity contribution is 7.99. The first-order valence-corrected chi connectivity index (χ1v) is 6.89. The van der Waals surface area contributed by atoms with Crippen LogP contribution in [0.4, 0.5) is 0 Å². The molecule has 0 fully saturated rings. The molecule has 0 aliphatic carbocycles. The molecule has 94 valence electrons. The molecule has 0 atom stereocenters. The van der Waals surface area contributed by atoms with Gasteiger partial charge in [-0.25, -0.2) is 0 Å². The van der Waals surface area contributed by atoms with Crippen molar-refractivity contribution in [2.45, 2.75) is 13.0 Å². The second-order valence-corrected chi connectivity index (χ2v) is 4.77. The average Bonchev–Trinajstić information content (AvgIpc) is 2.36. The van der Waals surface area contributed by atoms with Crippen LogP contribution in [0.25, 0.3) is 0 Å². The lowest BCUT2D eigenvalue weighted by atomic mass is 10.2. The number of ether oxygens (including phenoxy) is 1. The van der Waals surface area contributed by atoms with E-state index in [0.717, 1.165) is 11.3 Å². The second kappa shape index (κ2) is 9.22. The van der Waals surface area contributed by atoms with Gasteiger partial charge in [0, 0.05) is 18.7 Å². The minimum atomic E-state index is 0.233. The van der Waals surface area contributed by atoms with Crippen LogP contribution in [0.5, 0.6) is 0 Å². The Morgan fingerprint density at radius 2 is 2.06 bits per heavy atom. The lowest BCUT2D eigenvalue weighted by Gasteiger charge is -2.04. The van der Waals surface area contributed by atoms with Gasteiger partial charge < -0.3 is 10.5 Å². The fourth-order valence-corrected chi connectivity index (χ4v) is 1.97. The van der Waals surface area contributed by atoms with Crippen molar-refractivity contribution >= 4 is 17.5 Å². The van der Waals surface area contributed by atoms with Crippen LogP contribution in [0.3, 0.4) is 0 Å². The summed E-state index contributed by atoms with van der Waals surface area (Å²) in [5.74, 6) is 1.62. The van der Waals surface area contributed by atoms with E-state index in [9.17, 15) is 4.79 Å². The van der Waals surface area contributed by atoms with Gasteiger partial charge >= 0.3 is 0 Å². The predicted octanol–water partition coefficient (Wildman–Crippen LogP) is 1.85. The molecule has 0 bridgehead atoms. The quantitative estimate of drug-likeness (QED) is 0.682. The number of rotatable bonds is 9. The molecule has 17 heavy (non-hydrogen) atoms. The Labute approximate surface area is 107 Å². The van der Waals surface area contributed by atoms with Crippen molar-refractivity contribution in [2.75, 3.05) is 24.7 Å². The molecule has 1 rings (SSSR count). The molecular formula is C13H19NO2S. The molecule has 1 aromatic rings. The molecule has 0 radical (unpaired) electrons. The summed E-state index contributed by atoms with van der Waals surface area (Å²) in [5.41, 5.74) is 6.48. The number of hydrogen-bond acceptors (Lipinski definition) is 4. The van der Waals surface area contributed by atoms with Crippen molar-refractivity contribution in [2.24, 2.45) is 5.73 Å². The van der Waals surface area contributed by atoms with E-state index in [0.29, 0.717) is 31.9 Å². The number of hydrogen-bond donors (Lipinski definition) is 1. The summed E-state index contributed by atoms with van der Waals surface area (Å²) < 4.78 is 5.44. The first kappa shape index (κ1) is 14.2. The Kier molecular flexibility index (Phi) is 7.71. The maximum absolute atomic E-state index is 11.4. The standard InChI is InChI=1S/C13H19NO2S/c14-7-9-17-11-13(15)6-8-16-10-12-4-2-1-3-5-12/h1-5H,6-11,14H2. The van der Waals surface area contributed by atoms with E-state index in [-0.39, 0.29) is 5.78 Å². The lowest BCUT2D eigenvalue weighted by molar-refractivity contribution is -0.117. The summed E-state index contributed by atoms with van der Waals surface area (Å²) in [6.45, 7) is 1.70. The Bertz CT molecular complexity index is 316. The highest BCUT2D eigenvalue weighted by atomic mass is 32.2. The second-order valence-electron chi connectivity index (χ2n) is 3.67. The zero-order valence-electron chi connectivity index (χ0n) is 9.93. The van der Waals surface area contributed by atoms with Crippen molar-refractivity contribution in [3.8, 4) is 0 Å². The summed E-state index contributed by atoms with van der Waals surface area (Å²) >= 11 is 1.59. The van der Waals surface area contributed by atoms with Gasteiger partial charge in [0.15, 0.2) is 0 Å². The third-order valence-electron chi connectivity index (χ3n) is 2.16. The molecule has 0 saturated heterocycles. The molecule has 0 saturated carbocycles. The molecule has 0 aromatic heterocycles. The van der Waals surface area contributed by atoms with Crippen molar-refractivity contribution < 1.29 is 9.53 Å². The Morgan fingerprint density at radius 3 is 2.76 bits per heavy atom. The molecule has 0 spiro atoms. The van der Waals surface area contributed by atoms with Crippen LogP contribution in [-0.4, -0.2) is 30.4 Å². The van der Waals surface area contributed by atoms with Crippen LogP contribution in [0, 0.1) is 0 Å². The topological polar surface area (TPSA) is 52.3 Å². The van der Waals surface area contributed by atoms with Gasteiger partial charge in [0.1, 0.15) is 5.78 Å². The molecule has 2 N–H and O–H groups in total. The van der Waals surface area contributed by atoms with Crippen molar-refractivity contribution in [3.05, 3.63) is 35.9 Å². The van der Waals surface area contributed by atoms with Crippen molar-refractivity contribution in [1.82, 2.24) is 0 Å². The van der Waals surface area contributed by atoms with E-state index in [1.165, 1.54) is 0 Å². The summed E-state index contributed by atoms with van der Waals surface area (Å²) in [4.78, 5) is 11.4. The average molecular weight is 253 g/mol. The van der Waals surface area contributed by atoms with Crippen LogP contribution < -0.4 is 5.73 Å². The zero-order valence-corrected chi connectivity index (χ0v) is 10.7. The highest BCUT2D eigenvalue weighted by Crippen LogP contribution is 2.03. The van der Waals surface area contributed by atoms with E-state index < -0.39 is 0 Å². The summed E-state index contributed by atoms with van der Waals surface area (Å²) in [7, 11) is 0. The van der Waals surface area contributed by atoms with E-state index in [1.807, 2.05) is 30.3 Å². The maximum Gasteiger partial charge on any atom is 0.145 e. The SMILES string of the molecule is NCCSCC(=O)CCOCc1ccccc1. The minimum Gasteiger partial charge on any atom is -0.376 e. The minimum absolute atomic E-state index is 0.233. The van der Waals surface area contributed by atoms with Crippen molar-refractivity contribution in [3.63, 3.8) is 0 Å². The Balaban J connectivity index is 2.02. The molecule has 0 amide bonds. The number of Topliss-reactive ketones (excluding diaryl/α,β-unsaturated/α-hetero) is 1. The zero-order chi connectivity index (χ0) is 12.3. The largest absolute Gasteiger partial charge is 0.376 e. The van der Waals surface area contributed by atoms with E-state index in [2.05, 4.69) is 0 Å². The molecule has 0 unspecified atom stereocenters. The van der Waals surface area contributed by atoms with Crippen LogP contribution in [0.2, 0.25) is 0 Å². The normalized spacial score (nSPS) is 10.4. The van der Waals surface area contributed by atoms with Gasteiger partial charge in [-0.1, -0.05) is 30.3 Å². The summed E-state index contributed by atoms with van der Waals surface area (Å²) in [6.07, 6.45) is 0.490. The maximum atomic E-state index is 11.4. The van der Waals surface area contributed by atoms with Gasteiger partial charge in [-0.3, -0.25) is 4.79 Å². The van der Waals surface area contributed by atoms with Crippen LogP contribution in [0.15, 0.2) is 30.3 Å². The van der Waals surface area contributed by atoms with E-state index in [4.69, 9.17) is 10.5 Å². The third kappa shape index (κ3) is 7.15.